The summed E-state index contributed by atoms with van der Waals surface area (Å²) < 4.78 is 0. The number of benzene rings is 1. The van der Waals surface area contributed by atoms with Crippen LogP contribution < -0.4 is 4.90 Å². The Morgan fingerprint density at radius 2 is 1.85 bits per heavy atom. The van der Waals surface area contributed by atoms with E-state index >= 15 is 0 Å². The maximum Gasteiger partial charge on any atom is 0.179 e. The summed E-state index contributed by atoms with van der Waals surface area (Å²) in [4.78, 5) is 15.6. The zero-order valence-corrected chi connectivity index (χ0v) is 12.3. The molecule has 0 saturated heterocycles. The monoisotopic (exact) mass is 284 g/mol. The molecule has 0 bridgehead atoms. The van der Waals surface area contributed by atoms with Crippen LogP contribution in [0.3, 0.4) is 0 Å². The largest absolute Gasteiger partial charge is 0.363 e. The van der Waals surface area contributed by atoms with Gasteiger partial charge in [-0.2, -0.15) is 0 Å². The lowest BCUT2D eigenvalue weighted by molar-refractivity contribution is 1.07. The summed E-state index contributed by atoms with van der Waals surface area (Å²) in [7, 11) is 3.96. The quantitative estimate of drug-likeness (QED) is 0.747. The van der Waals surface area contributed by atoms with Crippen molar-refractivity contribution in [2.75, 3.05) is 19.0 Å². The molecule has 3 rings (SSSR count). The molecule has 0 spiro atoms. The van der Waals surface area contributed by atoms with E-state index in [0.717, 1.165) is 28.6 Å². The Balaban J connectivity index is 1.79. The summed E-state index contributed by atoms with van der Waals surface area (Å²) in [5.41, 5.74) is 1.76. The highest BCUT2D eigenvalue weighted by Gasteiger charge is 2.06. The normalized spacial score (nSPS) is 10.9. The first-order valence-corrected chi connectivity index (χ1v) is 7.42. The Kier molecular flexibility index (Phi) is 3.60. The minimum atomic E-state index is 0.778. The van der Waals surface area contributed by atoms with Gasteiger partial charge in [-0.3, -0.25) is 0 Å². The summed E-state index contributed by atoms with van der Waals surface area (Å²) in [5, 5.41) is 0. The number of nitrogens with one attached hydrogen (secondary N) is 1. The van der Waals surface area contributed by atoms with Gasteiger partial charge in [0.1, 0.15) is 11.6 Å². The predicted molar refractivity (Wildman–Crippen MR) is 84.2 cm³/mol. The maximum absolute atomic E-state index is 4.56. The Morgan fingerprint density at radius 3 is 2.60 bits per heavy atom. The molecule has 0 aliphatic carbocycles. The first kappa shape index (κ1) is 13.0. The van der Waals surface area contributed by atoms with Gasteiger partial charge < -0.3 is 9.88 Å². The second-order valence-electron chi connectivity index (χ2n) is 4.72. The zero-order valence-electron chi connectivity index (χ0n) is 11.5. The van der Waals surface area contributed by atoms with E-state index in [0.29, 0.717) is 0 Å². The van der Waals surface area contributed by atoms with E-state index in [1.807, 2.05) is 49.3 Å². The molecule has 1 aromatic carbocycles. The highest BCUT2D eigenvalue weighted by Crippen LogP contribution is 2.22. The minimum Gasteiger partial charge on any atom is -0.363 e. The van der Waals surface area contributed by atoms with Crippen LogP contribution in [0.4, 0.5) is 5.82 Å². The third-order valence-electron chi connectivity index (χ3n) is 2.96. The van der Waals surface area contributed by atoms with Crippen LogP contribution in [0, 0.1) is 0 Å². The number of fused-ring (bicyclic) bond motifs is 1. The average Bonchev–Trinajstić information content (AvgIpc) is 2.88. The van der Waals surface area contributed by atoms with Crippen molar-refractivity contribution in [3.8, 4) is 0 Å². The van der Waals surface area contributed by atoms with E-state index in [1.54, 1.807) is 11.8 Å². The number of imidazole rings is 1. The molecule has 0 fully saturated rings. The average molecular weight is 284 g/mol. The Bertz CT molecular complexity index is 706. The highest BCUT2D eigenvalue weighted by atomic mass is 32.2. The van der Waals surface area contributed by atoms with Crippen molar-refractivity contribution in [3.63, 3.8) is 0 Å². The Hall–Kier alpha value is -2.01. The van der Waals surface area contributed by atoms with Gasteiger partial charge in [-0.25, -0.2) is 9.97 Å². The van der Waals surface area contributed by atoms with E-state index in [4.69, 9.17) is 0 Å². The summed E-state index contributed by atoms with van der Waals surface area (Å²) in [6.07, 6.45) is 0. The lowest BCUT2D eigenvalue weighted by atomic mass is 10.4. The smallest absolute Gasteiger partial charge is 0.179 e. The van der Waals surface area contributed by atoms with Crippen molar-refractivity contribution in [1.82, 2.24) is 15.0 Å². The van der Waals surface area contributed by atoms with Gasteiger partial charge in [-0.1, -0.05) is 18.2 Å². The number of H-pyrrole nitrogens is 1. The van der Waals surface area contributed by atoms with E-state index in [2.05, 4.69) is 27.1 Å². The third kappa shape index (κ3) is 2.77. The van der Waals surface area contributed by atoms with Crippen LogP contribution in [-0.2, 0) is 5.75 Å². The number of aromatic amines is 1. The molecule has 3 aromatic rings. The van der Waals surface area contributed by atoms with E-state index in [-0.39, 0.29) is 0 Å². The molecular formula is C15H16N4S. The van der Waals surface area contributed by atoms with E-state index < -0.39 is 0 Å². The fraction of sp³-hybridized carbons (Fsp3) is 0.200. The van der Waals surface area contributed by atoms with Gasteiger partial charge >= 0.3 is 0 Å². The van der Waals surface area contributed by atoms with Crippen LogP contribution in [0.5, 0.6) is 0 Å². The minimum absolute atomic E-state index is 0.778. The lowest BCUT2D eigenvalue weighted by Gasteiger charge is -2.09. The van der Waals surface area contributed by atoms with Gasteiger partial charge in [0.2, 0.25) is 0 Å². The number of hydrogen-bond acceptors (Lipinski definition) is 4. The first-order valence-electron chi connectivity index (χ1n) is 6.43. The van der Waals surface area contributed by atoms with Crippen molar-refractivity contribution >= 4 is 28.7 Å². The van der Waals surface area contributed by atoms with Gasteiger partial charge in [-0.05, 0) is 24.3 Å². The third-order valence-corrected chi connectivity index (χ3v) is 3.98. The number of hydrogen-bond donors (Lipinski definition) is 1. The molecule has 0 amide bonds. The lowest BCUT2D eigenvalue weighted by Crippen LogP contribution is -2.10. The van der Waals surface area contributed by atoms with Crippen LogP contribution in [0.25, 0.3) is 11.2 Å². The number of pyridine rings is 1. The Morgan fingerprint density at radius 1 is 1.05 bits per heavy atom. The molecule has 2 heterocycles. The van der Waals surface area contributed by atoms with Crippen molar-refractivity contribution in [3.05, 3.63) is 48.3 Å². The summed E-state index contributed by atoms with van der Waals surface area (Å²) in [6, 6.07) is 14.4. The van der Waals surface area contributed by atoms with Gasteiger partial charge in [-0.15, -0.1) is 11.8 Å². The van der Waals surface area contributed by atoms with Gasteiger partial charge in [0.05, 0.1) is 11.3 Å². The van der Waals surface area contributed by atoms with Gasteiger partial charge in [0, 0.05) is 19.0 Å². The van der Waals surface area contributed by atoms with Crippen LogP contribution in [0.1, 0.15) is 5.82 Å². The maximum atomic E-state index is 4.56. The molecule has 20 heavy (non-hydrogen) atoms. The van der Waals surface area contributed by atoms with Crippen molar-refractivity contribution < 1.29 is 0 Å². The highest BCUT2D eigenvalue weighted by molar-refractivity contribution is 7.98. The van der Waals surface area contributed by atoms with E-state index in [9.17, 15) is 0 Å². The summed E-state index contributed by atoms with van der Waals surface area (Å²) >= 11 is 1.77. The fourth-order valence-electron chi connectivity index (χ4n) is 1.92. The van der Waals surface area contributed by atoms with Crippen LogP contribution in [-0.4, -0.2) is 29.0 Å². The molecule has 0 aliphatic heterocycles. The molecule has 0 atom stereocenters. The number of rotatable bonds is 4. The molecule has 1 N–H and O–H groups in total. The van der Waals surface area contributed by atoms with Crippen molar-refractivity contribution in [2.24, 2.45) is 0 Å². The first-order chi connectivity index (χ1) is 9.72. The second kappa shape index (κ2) is 5.54. The Labute approximate surface area is 122 Å². The molecule has 0 radical (unpaired) electrons. The number of nitrogens with zero attached hydrogens (tertiary/aromatic N) is 3. The molecule has 5 heteroatoms. The SMILES string of the molecule is CN(C)c1ccc2[nH]c(CSc3ccccc3)nc2n1. The van der Waals surface area contributed by atoms with E-state index in [1.165, 1.54) is 4.90 Å². The molecular weight excluding hydrogens is 268 g/mol. The number of thioether (sulfide) groups is 1. The van der Waals surface area contributed by atoms with Gasteiger partial charge in [0.25, 0.3) is 0 Å². The van der Waals surface area contributed by atoms with Crippen LogP contribution in [0.2, 0.25) is 0 Å². The van der Waals surface area contributed by atoms with Gasteiger partial charge in [0.15, 0.2) is 5.65 Å². The number of aromatic nitrogens is 3. The molecule has 0 unspecified atom stereocenters. The molecule has 102 valence electrons. The van der Waals surface area contributed by atoms with Crippen molar-refractivity contribution in [2.45, 2.75) is 10.6 Å². The standard InChI is InChI=1S/C15H16N4S/c1-19(2)14-9-8-12-15(18-14)17-13(16-12)10-20-11-6-4-3-5-7-11/h3-9H,10H2,1-2H3,(H,16,17,18). The summed E-state index contributed by atoms with van der Waals surface area (Å²) in [5.74, 6) is 2.70. The van der Waals surface area contributed by atoms with Crippen LogP contribution in [0.15, 0.2) is 47.4 Å². The second-order valence-corrected chi connectivity index (χ2v) is 5.77. The summed E-state index contributed by atoms with van der Waals surface area (Å²) in [6.45, 7) is 0. The molecule has 0 saturated carbocycles. The predicted octanol–water partition coefficient (Wildman–Crippen LogP) is 3.32. The molecule has 2 aromatic heterocycles. The van der Waals surface area contributed by atoms with Crippen LogP contribution >= 0.6 is 11.8 Å². The zero-order chi connectivity index (χ0) is 13.9. The fourth-order valence-corrected chi connectivity index (χ4v) is 2.71. The molecule has 4 nitrogen and oxygen atoms in total. The number of anilines is 1. The molecule has 0 aliphatic rings. The van der Waals surface area contributed by atoms with Crippen molar-refractivity contribution in [1.29, 1.82) is 0 Å². The topological polar surface area (TPSA) is 44.8 Å².